The maximum absolute atomic E-state index is 14.0. The molecule has 20 atom stereocenters. The Bertz CT molecular complexity index is 3490. The molecule has 6 rings (SSSR count). The maximum Gasteiger partial charge on any atom is 0.325 e. The van der Waals surface area contributed by atoms with Gasteiger partial charge in [0.15, 0.2) is 0 Å². The van der Waals surface area contributed by atoms with Gasteiger partial charge in [0.05, 0.1) is 32.9 Å². The summed E-state index contributed by atoms with van der Waals surface area (Å²) < 4.78 is 32.8. The Balaban J connectivity index is 1.05. The first-order valence-corrected chi connectivity index (χ1v) is 35.2. The maximum atomic E-state index is 14.0. The molecule has 3 aliphatic heterocycles. The zero-order chi connectivity index (χ0) is 80.2. The highest BCUT2D eigenvalue weighted by molar-refractivity contribution is 5.97. The van der Waals surface area contributed by atoms with Crippen molar-refractivity contribution < 1.29 is 148 Å². The van der Waals surface area contributed by atoms with Crippen LogP contribution in [0.3, 0.4) is 0 Å². The van der Waals surface area contributed by atoms with E-state index < -0.39 is 220 Å². The van der Waals surface area contributed by atoms with Crippen LogP contribution in [-0.4, -0.2) is 306 Å². The molecule has 0 aromatic heterocycles. The number of amides is 10. The molecule has 0 bridgehead atoms. The summed E-state index contributed by atoms with van der Waals surface area (Å²) in [6.07, 6.45) is -22.3. The lowest BCUT2D eigenvalue weighted by Gasteiger charge is -2.39. The predicted octanol–water partition coefficient (Wildman–Crippen LogP) is -7.88. The van der Waals surface area contributed by atoms with Gasteiger partial charge in [0, 0.05) is 43.2 Å². The highest BCUT2D eigenvalue weighted by atomic mass is 16.7. The molecule has 10 amide bonds. The lowest BCUT2D eigenvalue weighted by atomic mass is 9.99. The quantitative estimate of drug-likeness (QED) is 0.0235. The van der Waals surface area contributed by atoms with Gasteiger partial charge in [0.1, 0.15) is 121 Å². The van der Waals surface area contributed by atoms with Crippen molar-refractivity contribution in [1.82, 2.24) is 53.2 Å². The lowest BCUT2D eigenvalue weighted by Crippen LogP contribution is -2.60. The van der Waals surface area contributed by atoms with Gasteiger partial charge >= 0.3 is 5.97 Å². The summed E-state index contributed by atoms with van der Waals surface area (Å²) in [7, 11) is 0. The van der Waals surface area contributed by atoms with Gasteiger partial charge in [-0.25, -0.2) is 0 Å². The minimum atomic E-state index is -1.70. The average Bonchev–Trinajstić information content (AvgIpc) is 0.819. The van der Waals surface area contributed by atoms with E-state index in [-0.39, 0.29) is 111 Å². The average molecular weight is 1550 g/mol. The number of ether oxygens (including phenoxy) is 6. The fourth-order valence-corrected chi connectivity index (χ4v) is 11.2. The third kappa shape index (κ3) is 27.0. The van der Waals surface area contributed by atoms with Crippen molar-refractivity contribution in [2.75, 3.05) is 52.5 Å². The normalized spacial score (nSPS) is 25.1. The number of aliphatic hydroxyl groups is 12. The molecule has 3 aliphatic rings. The molecule has 109 heavy (non-hydrogen) atoms. The number of hydrogen-bond donors (Lipinski definition) is 23. The standard InChI is InChI=1S/C69H98N10O30/c1-33(75-35(3)83)59(95)79-43(11-5-8-26-71-61(97)37-15-21-40(22-16-37)105-68-57(93)54(90)51(87)46(31-81)108-68)64(100)74-28-48(84)77-42(10-4-7-25-70-60(96)36-13-19-39(20-14-36)104-67-56(92)53(89)50(86)45(30-80)107-67)63(99)73-29-49(85)78-44(65(101)76-34(2)66(102)103)12-6-9-27-72-62(98)38-17-23-41(24-18-38)106-69-58(94)55(91)52(88)47(32-82)109-69/h13-24,33-34,42-47,50-58,67-69,80-82,86-94H,4-12,25-32H2,1-3H3,(H,70,96)(H,71,97)(H,72,98)(H,73,99)(H,74,100)(H,75,83)(H,76,101)(H,77,84)(H,78,85)(H,79,95)(H,102,103)/t33-,34-,42-,43-,44-,45+,46+,47+,50+,51+,52+,53-,54-,55-,56-,57-,58-,67-,68-,69-/m0/s1. The molecule has 3 saturated heterocycles. The monoisotopic (exact) mass is 1550 g/mol. The zero-order valence-electron chi connectivity index (χ0n) is 59.8. The first-order chi connectivity index (χ1) is 51.8. The number of benzene rings is 3. The van der Waals surface area contributed by atoms with Crippen LogP contribution in [0.4, 0.5) is 0 Å². The Hall–Kier alpha value is -9.37. The van der Waals surface area contributed by atoms with Crippen LogP contribution in [-0.2, 0) is 52.6 Å². The summed E-state index contributed by atoms with van der Waals surface area (Å²) in [4.78, 5) is 145. The highest BCUT2D eigenvalue weighted by Gasteiger charge is 2.47. The molecule has 0 unspecified atom stereocenters. The molecule has 0 radical (unpaired) electrons. The van der Waals surface area contributed by atoms with Crippen molar-refractivity contribution in [1.29, 1.82) is 0 Å². The van der Waals surface area contributed by atoms with E-state index in [1.54, 1.807) is 0 Å². The predicted molar refractivity (Wildman–Crippen MR) is 371 cm³/mol. The van der Waals surface area contributed by atoms with Gasteiger partial charge in [-0.2, -0.15) is 0 Å². The Morgan fingerprint density at radius 2 is 0.670 bits per heavy atom. The third-order valence-electron chi connectivity index (χ3n) is 17.6. The van der Waals surface area contributed by atoms with Crippen molar-refractivity contribution in [2.24, 2.45) is 0 Å². The summed E-state index contributed by atoms with van der Waals surface area (Å²) in [5, 5.41) is 155. The van der Waals surface area contributed by atoms with Gasteiger partial charge < -0.3 is 148 Å². The molecular weight excluding hydrogens is 1450 g/mol. The lowest BCUT2D eigenvalue weighted by molar-refractivity contribution is -0.277. The number of carboxylic acid groups (broad SMARTS) is 1. The molecule has 40 nitrogen and oxygen atoms in total. The van der Waals surface area contributed by atoms with Crippen molar-refractivity contribution in [3.05, 3.63) is 89.5 Å². The highest BCUT2D eigenvalue weighted by Crippen LogP contribution is 2.28. The van der Waals surface area contributed by atoms with Gasteiger partial charge in [-0.05, 0) is 144 Å². The van der Waals surface area contributed by atoms with Crippen molar-refractivity contribution in [3.63, 3.8) is 0 Å². The van der Waals surface area contributed by atoms with Crippen molar-refractivity contribution in [2.45, 2.75) is 201 Å². The molecular formula is C69H98N10O30. The minimum absolute atomic E-state index is 0.00522. The molecule has 604 valence electrons. The number of unbranched alkanes of at least 4 members (excludes halogenated alkanes) is 3. The number of hydrogen-bond acceptors (Lipinski definition) is 29. The number of aliphatic hydroxyl groups excluding tert-OH is 12. The van der Waals surface area contributed by atoms with Crippen LogP contribution in [0.25, 0.3) is 0 Å². The van der Waals surface area contributed by atoms with Gasteiger partial charge in [-0.3, -0.25) is 52.7 Å². The molecule has 23 N–H and O–H groups in total. The van der Waals surface area contributed by atoms with Gasteiger partial charge in [0.2, 0.25) is 60.2 Å². The fourth-order valence-electron chi connectivity index (χ4n) is 11.2. The van der Waals surface area contributed by atoms with Crippen molar-refractivity contribution in [3.8, 4) is 17.2 Å². The fraction of sp³-hybridized carbons (Fsp3) is 0.580. The third-order valence-corrected chi connectivity index (χ3v) is 17.6. The second-order valence-electron chi connectivity index (χ2n) is 26.0. The Morgan fingerprint density at radius 3 is 0.963 bits per heavy atom. The van der Waals surface area contributed by atoms with Crippen LogP contribution in [0.1, 0.15) is 110 Å². The Kier molecular flexibility index (Phi) is 35.5. The smallest absolute Gasteiger partial charge is 0.325 e. The van der Waals surface area contributed by atoms with Gasteiger partial charge in [-0.1, -0.05) is 0 Å². The van der Waals surface area contributed by atoms with Crippen LogP contribution in [0.5, 0.6) is 17.2 Å². The van der Waals surface area contributed by atoms with Crippen LogP contribution in [0.15, 0.2) is 72.8 Å². The number of carbonyl (C=O) groups is 11. The Morgan fingerprint density at radius 1 is 0.367 bits per heavy atom. The van der Waals surface area contributed by atoms with Crippen LogP contribution in [0.2, 0.25) is 0 Å². The second-order valence-corrected chi connectivity index (χ2v) is 26.0. The first kappa shape index (κ1) is 88.5. The second kappa shape index (κ2) is 43.7. The van der Waals surface area contributed by atoms with Gasteiger partial charge in [-0.15, -0.1) is 0 Å². The van der Waals surface area contributed by atoms with Crippen LogP contribution >= 0.6 is 0 Å². The zero-order valence-corrected chi connectivity index (χ0v) is 59.8. The molecule has 40 heteroatoms. The topological polar surface area (TPSA) is 626 Å². The molecule has 0 aliphatic carbocycles. The summed E-state index contributed by atoms with van der Waals surface area (Å²) in [6, 6.07) is 9.73. The summed E-state index contributed by atoms with van der Waals surface area (Å²) in [6.45, 7) is 0.152. The molecule has 0 spiro atoms. The molecule has 3 heterocycles. The van der Waals surface area contributed by atoms with Gasteiger partial charge in [0.25, 0.3) is 17.7 Å². The van der Waals surface area contributed by atoms with Crippen LogP contribution < -0.4 is 67.4 Å². The summed E-state index contributed by atoms with van der Waals surface area (Å²) in [5.74, 6) is -8.73. The van der Waals surface area contributed by atoms with E-state index in [2.05, 4.69) is 53.2 Å². The largest absolute Gasteiger partial charge is 0.480 e. The minimum Gasteiger partial charge on any atom is -0.480 e. The molecule has 3 fully saturated rings. The van der Waals surface area contributed by atoms with E-state index in [0.717, 1.165) is 0 Å². The van der Waals surface area contributed by atoms with E-state index >= 15 is 0 Å². The van der Waals surface area contributed by atoms with E-state index in [4.69, 9.17) is 28.4 Å². The number of aliphatic carboxylic acids is 1. The SMILES string of the molecule is CC(=O)N[C@@H](C)C(=O)N[C@@H](CCCCNC(=O)c1ccc(O[C@H]2O[C@H](CO)[C@@H](O)[C@H](O)[C@@H]2O)cc1)C(=O)NCC(=O)N[C@@H](CCCCNC(=O)c1ccc(O[C@H]2O[C@H](CO)[C@@H](O)[C@H](O)[C@@H]2O)cc1)C(=O)NCC(=O)N[C@@H](CCCCNC(=O)c1ccc(O[C@H]2O[C@H](CO)[C@@H](O)[C@H](O)[C@@H]2O)cc1)C(=O)N[C@@H](C)C(=O)O. The van der Waals surface area contributed by atoms with Crippen LogP contribution in [0, 0.1) is 0 Å². The summed E-state index contributed by atoms with van der Waals surface area (Å²) in [5.41, 5.74) is 0.472. The van der Waals surface area contributed by atoms with E-state index in [9.17, 15) is 119 Å². The Labute approximate surface area is 623 Å². The summed E-state index contributed by atoms with van der Waals surface area (Å²) >= 11 is 0. The molecule has 3 aromatic rings. The number of carboxylic acids is 1. The van der Waals surface area contributed by atoms with E-state index in [1.165, 1.54) is 93.6 Å². The molecule has 0 saturated carbocycles. The van der Waals surface area contributed by atoms with Crippen molar-refractivity contribution >= 4 is 65.0 Å². The van der Waals surface area contributed by atoms with E-state index in [0.29, 0.717) is 0 Å². The number of rotatable bonds is 41. The first-order valence-electron chi connectivity index (χ1n) is 35.2. The number of nitrogens with one attached hydrogen (secondary N) is 10. The number of carbonyl (C=O) groups excluding carboxylic acids is 10. The molecule has 3 aromatic carbocycles. The van der Waals surface area contributed by atoms with E-state index in [1.807, 2.05) is 0 Å².